The molecule has 0 spiro atoms. The quantitative estimate of drug-likeness (QED) is 0.512. The maximum atomic E-state index is 12.8. The molecule has 0 radical (unpaired) electrons. The van der Waals surface area contributed by atoms with Gasteiger partial charge in [-0.2, -0.15) is 0 Å². The molecule has 1 aliphatic heterocycles. The third-order valence-corrected chi connectivity index (χ3v) is 5.35. The van der Waals surface area contributed by atoms with Crippen molar-refractivity contribution in [3.8, 4) is 11.5 Å². The largest absolute Gasteiger partial charge is 0.496 e. The molecule has 1 aliphatic rings. The summed E-state index contributed by atoms with van der Waals surface area (Å²) in [7, 11) is 2.82. The van der Waals surface area contributed by atoms with E-state index in [9.17, 15) is 19.2 Å². The number of hydrogen-bond donors (Lipinski definition) is 2. The van der Waals surface area contributed by atoms with E-state index in [4.69, 9.17) is 14.2 Å². The van der Waals surface area contributed by atoms with Crippen LogP contribution in [0.1, 0.15) is 16.8 Å². The Hall–Kier alpha value is -3.60. The molecule has 11 heteroatoms. The van der Waals surface area contributed by atoms with E-state index in [-0.39, 0.29) is 30.0 Å². The zero-order valence-electron chi connectivity index (χ0n) is 17.9. The highest BCUT2D eigenvalue weighted by Crippen LogP contribution is 2.28. The summed E-state index contributed by atoms with van der Waals surface area (Å²) in [4.78, 5) is 49.4. The lowest BCUT2D eigenvalue weighted by Crippen LogP contribution is -2.43. The van der Waals surface area contributed by atoms with Crippen LogP contribution in [-0.4, -0.2) is 56.1 Å². The van der Waals surface area contributed by atoms with E-state index in [0.29, 0.717) is 5.69 Å². The topological polar surface area (TPSA) is 123 Å². The molecule has 1 heterocycles. The number of methoxy groups -OCH3 is 2. The molecule has 33 heavy (non-hydrogen) atoms. The third kappa shape index (κ3) is 6.01. The van der Waals surface area contributed by atoms with Gasteiger partial charge in [0, 0.05) is 16.6 Å². The predicted octanol–water partition coefficient (Wildman–Crippen LogP) is 2.14. The molecule has 174 valence electrons. The summed E-state index contributed by atoms with van der Waals surface area (Å²) in [6.45, 7) is -0.584. The van der Waals surface area contributed by atoms with E-state index < -0.39 is 36.2 Å². The summed E-state index contributed by atoms with van der Waals surface area (Å²) >= 11 is 3.30. The minimum atomic E-state index is -0.821. The maximum absolute atomic E-state index is 12.8. The summed E-state index contributed by atoms with van der Waals surface area (Å²) in [5.41, 5.74) is 3.14. The number of esters is 1. The first kappa shape index (κ1) is 24.1. The second-order valence-corrected chi connectivity index (χ2v) is 7.96. The van der Waals surface area contributed by atoms with Crippen molar-refractivity contribution in [3.05, 3.63) is 52.5 Å². The molecular weight excluding hydrogens is 498 g/mol. The van der Waals surface area contributed by atoms with Crippen LogP contribution in [0.3, 0.4) is 0 Å². The average molecular weight is 520 g/mol. The van der Waals surface area contributed by atoms with Gasteiger partial charge in [-0.1, -0.05) is 22.0 Å². The fourth-order valence-corrected chi connectivity index (χ4v) is 3.48. The van der Waals surface area contributed by atoms with Crippen LogP contribution < -0.4 is 20.2 Å². The molecule has 0 bridgehead atoms. The Labute approximate surface area is 198 Å². The first-order valence-corrected chi connectivity index (χ1v) is 10.7. The Kier molecular flexibility index (Phi) is 7.88. The maximum Gasteiger partial charge on any atom is 0.311 e. The van der Waals surface area contributed by atoms with Gasteiger partial charge in [0.2, 0.25) is 5.91 Å². The Morgan fingerprint density at radius 1 is 1.06 bits per heavy atom. The molecule has 3 rings (SSSR count). The van der Waals surface area contributed by atoms with E-state index in [1.807, 2.05) is 0 Å². The zero-order valence-corrected chi connectivity index (χ0v) is 19.5. The summed E-state index contributed by atoms with van der Waals surface area (Å²) in [5.74, 6) is -2.58. The van der Waals surface area contributed by atoms with Crippen molar-refractivity contribution in [2.45, 2.75) is 6.42 Å². The molecular formula is C22H22BrN3O7. The Morgan fingerprint density at radius 2 is 1.70 bits per heavy atom. The van der Waals surface area contributed by atoms with Crippen LogP contribution in [0.4, 0.5) is 5.69 Å². The molecule has 0 unspecified atom stereocenters. The number of hydrazine groups is 1. The molecule has 10 nitrogen and oxygen atoms in total. The van der Waals surface area contributed by atoms with Gasteiger partial charge in [-0.05, 0) is 36.4 Å². The van der Waals surface area contributed by atoms with Crippen molar-refractivity contribution < 1.29 is 33.4 Å². The normalized spacial score (nSPS) is 15.1. The van der Waals surface area contributed by atoms with Gasteiger partial charge in [0.05, 0.1) is 26.7 Å². The monoisotopic (exact) mass is 519 g/mol. The van der Waals surface area contributed by atoms with Gasteiger partial charge < -0.3 is 19.5 Å². The minimum Gasteiger partial charge on any atom is -0.496 e. The van der Waals surface area contributed by atoms with Crippen LogP contribution in [-0.2, 0) is 19.1 Å². The standard InChI is InChI=1S/C22H22BrN3O7/c1-31-16-4-3-5-17(32-2)20(16)21(29)25-26-11-13(10-19(26)28)22(30)33-12-18(27)24-15-8-6-14(23)7-9-15/h3-9,13H,10-12H2,1-2H3,(H,24,27)(H,25,29)/t13-/m0/s1. The number of benzene rings is 2. The average Bonchev–Trinajstić information content (AvgIpc) is 3.18. The number of carbonyl (C=O) groups excluding carboxylic acids is 4. The fraction of sp³-hybridized carbons (Fsp3) is 0.273. The number of nitrogens with zero attached hydrogens (tertiary/aromatic N) is 1. The van der Waals surface area contributed by atoms with Crippen molar-refractivity contribution in [1.29, 1.82) is 0 Å². The van der Waals surface area contributed by atoms with E-state index in [0.717, 1.165) is 9.48 Å². The van der Waals surface area contributed by atoms with Crippen molar-refractivity contribution in [2.75, 3.05) is 32.7 Å². The highest BCUT2D eigenvalue weighted by atomic mass is 79.9. The third-order valence-electron chi connectivity index (χ3n) is 4.82. The molecule has 3 amide bonds. The molecule has 0 aromatic heterocycles. The number of amides is 3. The van der Waals surface area contributed by atoms with E-state index >= 15 is 0 Å². The summed E-state index contributed by atoms with van der Waals surface area (Å²) < 4.78 is 16.3. The first-order chi connectivity index (χ1) is 15.8. The van der Waals surface area contributed by atoms with Gasteiger partial charge in [0.1, 0.15) is 17.1 Å². The highest BCUT2D eigenvalue weighted by molar-refractivity contribution is 9.10. The minimum absolute atomic E-state index is 0.0881. The lowest BCUT2D eigenvalue weighted by atomic mass is 10.1. The number of halogens is 1. The summed E-state index contributed by atoms with van der Waals surface area (Å²) in [5, 5.41) is 3.65. The van der Waals surface area contributed by atoms with Crippen molar-refractivity contribution in [2.24, 2.45) is 5.92 Å². The van der Waals surface area contributed by atoms with Gasteiger partial charge in [-0.25, -0.2) is 0 Å². The smallest absolute Gasteiger partial charge is 0.311 e. The highest BCUT2D eigenvalue weighted by Gasteiger charge is 2.37. The van der Waals surface area contributed by atoms with Crippen LogP contribution in [0.15, 0.2) is 46.9 Å². The molecule has 0 aliphatic carbocycles. The fourth-order valence-electron chi connectivity index (χ4n) is 3.21. The Bertz CT molecular complexity index is 1040. The predicted molar refractivity (Wildman–Crippen MR) is 121 cm³/mol. The number of rotatable bonds is 8. The number of ether oxygens (including phenoxy) is 3. The number of hydrogen-bond acceptors (Lipinski definition) is 7. The lowest BCUT2D eigenvalue weighted by molar-refractivity contribution is -0.151. The van der Waals surface area contributed by atoms with Crippen LogP contribution >= 0.6 is 15.9 Å². The van der Waals surface area contributed by atoms with Crippen molar-refractivity contribution in [3.63, 3.8) is 0 Å². The van der Waals surface area contributed by atoms with Gasteiger partial charge in [0.15, 0.2) is 6.61 Å². The lowest BCUT2D eigenvalue weighted by Gasteiger charge is -2.19. The number of nitrogens with one attached hydrogen (secondary N) is 2. The first-order valence-electron chi connectivity index (χ1n) is 9.86. The van der Waals surface area contributed by atoms with Crippen LogP contribution in [0.2, 0.25) is 0 Å². The molecule has 2 aromatic rings. The number of anilines is 1. The molecule has 1 saturated heterocycles. The molecule has 2 aromatic carbocycles. The molecule has 1 fully saturated rings. The second kappa shape index (κ2) is 10.8. The van der Waals surface area contributed by atoms with Gasteiger partial charge in [-0.15, -0.1) is 0 Å². The zero-order chi connectivity index (χ0) is 24.0. The number of carbonyl (C=O) groups is 4. The molecule has 1 atom stereocenters. The van der Waals surface area contributed by atoms with E-state index in [2.05, 4.69) is 26.7 Å². The SMILES string of the molecule is COc1cccc(OC)c1C(=O)NN1C[C@@H](C(=O)OCC(=O)Nc2ccc(Br)cc2)CC1=O. The van der Waals surface area contributed by atoms with E-state index in [1.54, 1.807) is 42.5 Å². The van der Waals surface area contributed by atoms with Gasteiger partial charge in [-0.3, -0.25) is 29.6 Å². The second-order valence-electron chi connectivity index (χ2n) is 7.05. The van der Waals surface area contributed by atoms with Crippen molar-refractivity contribution in [1.82, 2.24) is 10.4 Å². The van der Waals surface area contributed by atoms with E-state index in [1.165, 1.54) is 14.2 Å². The van der Waals surface area contributed by atoms with Crippen molar-refractivity contribution >= 4 is 45.3 Å². The molecule has 0 saturated carbocycles. The summed E-state index contributed by atoms with van der Waals surface area (Å²) in [6, 6.07) is 11.7. The van der Waals surface area contributed by atoms with Crippen LogP contribution in [0.25, 0.3) is 0 Å². The molecule has 2 N–H and O–H groups in total. The van der Waals surface area contributed by atoms with Crippen LogP contribution in [0.5, 0.6) is 11.5 Å². The summed E-state index contributed by atoms with van der Waals surface area (Å²) in [6.07, 6.45) is -0.156. The van der Waals surface area contributed by atoms with Gasteiger partial charge in [0.25, 0.3) is 11.8 Å². The van der Waals surface area contributed by atoms with Crippen LogP contribution in [0, 0.1) is 5.92 Å². The Balaban J connectivity index is 1.54. The Morgan fingerprint density at radius 3 is 2.30 bits per heavy atom. The van der Waals surface area contributed by atoms with Gasteiger partial charge >= 0.3 is 5.97 Å².